The molecule has 7 nitrogen and oxygen atoms in total. The molecule has 0 unspecified atom stereocenters. The van der Waals surface area contributed by atoms with Crippen LogP contribution in [0.3, 0.4) is 0 Å². The second-order valence-electron chi connectivity index (χ2n) is 9.31. The number of amides is 2. The summed E-state index contributed by atoms with van der Waals surface area (Å²) in [5, 5.41) is 3.57. The van der Waals surface area contributed by atoms with E-state index in [1.165, 1.54) is 37.7 Å². The van der Waals surface area contributed by atoms with Crippen molar-refractivity contribution in [1.82, 2.24) is 14.5 Å². The van der Waals surface area contributed by atoms with Gasteiger partial charge >= 0.3 is 0 Å². The van der Waals surface area contributed by atoms with Crippen molar-refractivity contribution in [2.45, 2.75) is 68.8 Å². The molecule has 1 N–H and O–H groups in total. The van der Waals surface area contributed by atoms with Gasteiger partial charge in [-0.25, -0.2) is 8.42 Å². The Morgan fingerprint density at radius 2 is 1.67 bits per heavy atom. The van der Waals surface area contributed by atoms with Crippen molar-refractivity contribution in [3.05, 3.63) is 65.2 Å². The van der Waals surface area contributed by atoms with E-state index >= 15 is 0 Å². The minimum absolute atomic E-state index is 0.0557. The second-order valence-corrected chi connectivity index (χ2v) is 11.8. The summed E-state index contributed by atoms with van der Waals surface area (Å²) in [6, 6.07) is 15.0. The van der Waals surface area contributed by atoms with Crippen LogP contribution in [0.5, 0.6) is 0 Å². The zero-order valence-electron chi connectivity index (χ0n) is 21.0. The van der Waals surface area contributed by atoms with Gasteiger partial charge in [-0.2, -0.15) is 4.31 Å². The topological polar surface area (TPSA) is 86.8 Å². The van der Waals surface area contributed by atoms with Gasteiger partial charge in [-0.3, -0.25) is 9.59 Å². The quantitative estimate of drug-likeness (QED) is 0.467. The number of benzene rings is 2. The SMILES string of the molecule is CC[C@H](C(=O)NC1CCCCC1)N(CCc1ccccc1)C(=O)CN(C)S(=O)(=O)c1ccc(Cl)cc1. The Hall–Kier alpha value is -2.42. The van der Waals surface area contributed by atoms with Gasteiger partial charge in [0.1, 0.15) is 6.04 Å². The van der Waals surface area contributed by atoms with Crippen molar-refractivity contribution in [3.63, 3.8) is 0 Å². The van der Waals surface area contributed by atoms with E-state index in [4.69, 9.17) is 11.6 Å². The molecule has 0 aliphatic heterocycles. The number of nitrogens with zero attached hydrogens (tertiary/aromatic N) is 2. The summed E-state index contributed by atoms with van der Waals surface area (Å²) in [6.07, 6.45) is 6.25. The molecule has 0 bridgehead atoms. The van der Waals surface area contributed by atoms with E-state index in [9.17, 15) is 18.0 Å². The molecule has 2 amide bonds. The van der Waals surface area contributed by atoms with Gasteiger partial charge in [0.15, 0.2) is 0 Å². The van der Waals surface area contributed by atoms with Crippen LogP contribution in [0.4, 0.5) is 0 Å². The average molecular weight is 534 g/mol. The molecular formula is C27H36ClN3O4S. The van der Waals surface area contributed by atoms with Gasteiger partial charge in [-0.15, -0.1) is 0 Å². The van der Waals surface area contributed by atoms with Crippen molar-refractivity contribution < 1.29 is 18.0 Å². The van der Waals surface area contributed by atoms with E-state index in [2.05, 4.69) is 5.32 Å². The first-order chi connectivity index (χ1) is 17.2. The lowest BCUT2D eigenvalue weighted by Crippen LogP contribution is -2.54. The average Bonchev–Trinajstić information content (AvgIpc) is 2.87. The van der Waals surface area contributed by atoms with Gasteiger partial charge in [0, 0.05) is 24.7 Å². The number of hydrogen-bond acceptors (Lipinski definition) is 4. The first-order valence-corrected chi connectivity index (χ1v) is 14.4. The van der Waals surface area contributed by atoms with Crippen LogP contribution in [0, 0.1) is 0 Å². The maximum absolute atomic E-state index is 13.5. The summed E-state index contributed by atoms with van der Waals surface area (Å²) in [7, 11) is -2.52. The highest BCUT2D eigenvalue weighted by molar-refractivity contribution is 7.89. The number of halogens is 1. The predicted molar refractivity (Wildman–Crippen MR) is 142 cm³/mol. The van der Waals surface area contributed by atoms with Gasteiger partial charge in [0.2, 0.25) is 21.8 Å². The van der Waals surface area contributed by atoms with Crippen LogP contribution in [0.25, 0.3) is 0 Å². The number of rotatable bonds is 11. The lowest BCUT2D eigenvalue weighted by atomic mass is 9.95. The molecule has 0 saturated heterocycles. The zero-order valence-corrected chi connectivity index (χ0v) is 22.6. The third-order valence-corrected chi connectivity index (χ3v) is 8.77. The molecule has 1 aliphatic carbocycles. The number of likely N-dealkylation sites (N-methyl/N-ethyl adjacent to an activating group) is 1. The van der Waals surface area contributed by atoms with E-state index < -0.39 is 22.0 Å². The minimum Gasteiger partial charge on any atom is -0.352 e. The monoisotopic (exact) mass is 533 g/mol. The summed E-state index contributed by atoms with van der Waals surface area (Å²) in [5.41, 5.74) is 1.04. The molecule has 0 radical (unpaired) electrons. The number of nitrogens with one attached hydrogen (secondary N) is 1. The van der Waals surface area contributed by atoms with Crippen molar-refractivity contribution in [1.29, 1.82) is 0 Å². The number of carbonyl (C=O) groups is 2. The maximum atomic E-state index is 13.5. The fraction of sp³-hybridized carbons (Fsp3) is 0.481. The molecule has 1 aliphatic rings. The second kappa shape index (κ2) is 13.2. The molecule has 2 aromatic carbocycles. The van der Waals surface area contributed by atoms with Crippen LogP contribution in [-0.2, 0) is 26.0 Å². The molecule has 36 heavy (non-hydrogen) atoms. The van der Waals surface area contributed by atoms with Crippen LogP contribution in [-0.4, -0.2) is 61.7 Å². The zero-order chi connectivity index (χ0) is 26.1. The largest absolute Gasteiger partial charge is 0.352 e. The highest BCUT2D eigenvalue weighted by atomic mass is 35.5. The van der Waals surface area contributed by atoms with Crippen LogP contribution in [0.2, 0.25) is 5.02 Å². The third-order valence-electron chi connectivity index (χ3n) is 6.70. The number of sulfonamides is 1. The Morgan fingerprint density at radius 3 is 2.28 bits per heavy atom. The lowest BCUT2D eigenvalue weighted by molar-refractivity contribution is -0.141. The first-order valence-electron chi connectivity index (χ1n) is 12.6. The van der Waals surface area contributed by atoms with E-state index in [-0.39, 0.29) is 23.4 Å². The van der Waals surface area contributed by atoms with Gasteiger partial charge in [0.25, 0.3) is 0 Å². The number of carbonyl (C=O) groups excluding carboxylic acids is 2. The highest BCUT2D eigenvalue weighted by Gasteiger charge is 2.32. The summed E-state index contributed by atoms with van der Waals surface area (Å²) >= 11 is 5.90. The van der Waals surface area contributed by atoms with Crippen LogP contribution < -0.4 is 5.32 Å². The van der Waals surface area contributed by atoms with E-state index in [0.29, 0.717) is 24.4 Å². The van der Waals surface area contributed by atoms with Crippen molar-refractivity contribution in [2.24, 2.45) is 0 Å². The van der Waals surface area contributed by atoms with Crippen LogP contribution in [0.15, 0.2) is 59.5 Å². The Bertz CT molecular complexity index is 1100. The van der Waals surface area contributed by atoms with E-state index in [1.807, 2.05) is 37.3 Å². The molecule has 0 aromatic heterocycles. The Morgan fingerprint density at radius 1 is 1.03 bits per heavy atom. The van der Waals surface area contributed by atoms with Gasteiger partial charge in [0.05, 0.1) is 11.4 Å². The normalized spacial score (nSPS) is 15.4. The maximum Gasteiger partial charge on any atom is 0.243 e. The predicted octanol–water partition coefficient (Wildman–Crippen LogP) is 4.26. The summed E-state index contributed by atoms with van der Waals surface area (Å²) in [6.45, 7) is 1.82. The smallest absolute Gasteiger partial charge is 0.243 e. The standard InChI is InChI=1S/C27H36ClN3O4S/c1-3-25(27(33)29-23-12-8-5-9-13-23)31(19-18-21-10-6-4-7-11-21)26(32)20-30(2)36(34,35)24-16-14-22(28)15-17-24/h4,6-7,10-11,14-17,23,25H,3,5,8-9,12-13,18-20H2,1-2H3,(H,29,33)/t25-/m1/s1. The molecule has 0 heterocycles. The van der Waals surface area contributed by atoms with E-state index in [0.717, 1.165) is 35.6 Å². The van der Waals surface area contributed by atoms with Gasteiger partial charge in [-0.1, -0.05) is 68.1 Å². The Balaban J connectivity index is 1.78. The van der Waals surface area contributed by atoms with Crippen molar-refractivity contribution in [3.8, 4) is 0 Å². The molecule has 1 atom stereocenters. The molecule has 1 fully saturated rings. The fourth-order valence-electron chi connectivity index (χ4n) is 4.59. The molecule has 0 spiro atoms. The number of hydrogen-bond donors (Lipinski definition) is 1. The Kier molecular flexibility index (Phi) is 10.3. The molecule has 196 valence electrons. The van der Waals surface area contributed by atoms with Crippen molar-refractivity contribution in [2.75, 3.05) is 20.1 Å². The molecule has 3 rings (SSSR count). The third kappa shape index (κ3) is 7.54. The molecule has 2 aromatic rings. The summed E-state index contributed by atoms with van der Waals surface area (Å²) in [5.74, 6) is -0.578. The van der Waals surface area contributed by atoms with Crippen LogP contribution in [0.1, 0.15) is 51.0 Å². The molecule has 9 heteroatoms. The summed E-state index contributed by atoms with van der Waals surface area (Å²) in [4.78, 5) is 28.4. The molecular weight excluding hydrogens is 498 g/mol. The minimum atomic E-state index is -3.90. The first kappa shape index (κ1) is 28.2. The fourth-order valence-corrected chi connectivity index (χ4v) is 5.84. The molecule has 1 saturated carbocycles. The lowest BCUT2D eigenvalue weighted by Gasteiger charge is -2.33. The highest BCUT2D eigenvalue weighted by Crippen LogP contribution is 2.20. The van der Waals surface area contributed by atoms with Crippen LogP contribution >= 0.6 is 11.6 Å². The Labute approximate surface area is 219 Å². The van der Waals surface area contributed by atoms with Crippen molar-refractivity contribution >= 4 is 33.4 Å². The van der Waals surface area contributed by atoms with Gasteiger partial charge in [-0.05, 0) is 55.5 Å². The van der Waals surface area contributed by atoms with E-state index in [1.54, 1.807) is 4.90 Å². The summed E-state index contributed by atoms with van der Waals surface area (Å²) < 4.78 is 27.1. The van der Waals surface area contributed by atoms with Gasteiger partial charge < -0.3 is 10.2 Å².